The molecule has 9 heteroatoms. The van der Waals surface area contributed by atoms with Crippen molar-refractivity contribution in [1.29, 1.82) is 0 Å². The van der Waals surface area contributed by atoms with E-state index in [4.69, 9.17) is 17.3 Å². The second-order valence-electron chi connectivity index (χ2n) is 4.98. The molecule has 1 aromatic carbocycles. The Morgan fingerprint density at radius 1 is 1.40 bits per heavy atom. The molecule has 2 N–H and O–H groups in total. The average molecular weight is 378 g/mol. The molecular weight excluding hydrogens is 364 g/mol. The first-order valence-corrected chi connectivity index (χ1v) is 8.43. The van der Waals surface area contributed by atoms with E-state index >= 15 is 0 Å². The van der Waals surface area contributed by atoms with Crippen LogP contribution in [0.25, 0.3) is 12.2 Å². The van der Waals surface area contributed by atoms with E-state index in [0.29, 0.717) is 27.4 Å². The first-order valence-electron chi connectivity index (χ1n) is 7.20. The minimum atomic E-state index is -0.909. The molecule has 0 saturated carbocycles. The van der Waals surface area contributed by atoms with Crippen molar-refractivity contribution in [3.8, 4) is 5.88 Å². The van der Waals surface area contributed by atoms with E-state index in [1.165, 1.54) is 22.8 Å². The number of aromatic hydroxyl groups is 1. The highest BCUT2D eigenvalue weighted by atomic mass is 32.1. The predicted octanol–water partition coefficient (Wildman–Crippen LogP) is 4.08. The smallest absolute Gasteiger partial charge is 0.303 e. The maximum absolute atomic E-state index is 11.0. The Bertz CT molecular complexity index is 923. The molecule has 2 rings (SSSR count). The molecule has 25 heavy (non-hydrogen) atoms. The van der Waals surface area contributed by atoms with Crippen molar-refractivity contribution >= 4 is 47.4 Å². The summed E-state index contributed by atoms with van der Waals surface area (Å²) >= 11 is 6.32. The number of benzene rings is 1. The summed E-state index contributed by atoms with van der Waals surface area (Å²) in [6.45, 7) is 0.301. The van der Waals surface area contributed by atoms with Gasteiger partial charge in [0.2, 0.25) is 5.88 Å². The van der Waals surface area contributed by atoms with Crippen LogP contribution >= 0.6 is 23.6 Å². The van der Waals surface area contributed by atoms with E-state index in [1.807, 2.05) is 0 Å². The topological polar surface area (TPSA) is 106 Å². The Morgan fingerprint density at radius 2 is 2.12 bits per heavy atom. The third kappa shape index (κ3) is 4.87. The number of nitro groups is 1. The highest BCUT2D eigenvalue weighted by Crippen LogP contribution is 2.28. The molecule has 2 aromatic rings. The average Bonchev–Trinajstić information content (AvgIpc) is 2.82. The van der Waals surface area contributed by atoms with Crippen LogP contribution in [-0.2, 0) is 11.3 Å². The normalized spacial score (nSPS) is 10.1. The number of hydrogen-bond acceptors (Lipinski definition) is 6. The lowest BCUT2D eigenvalue weighted by Gasteiger charge is -2.02. The van der Waals surface area contributed by atoms with Gasteiger partial charge in [-0.3, -0.25) is 19.5 Å². The number of aromatic nitrogens is 1. The molecule has 0 aliphatic carbocycles. The summed E-state index contributed by atoms with van der Waals surface area (Å²) in [6.07, 6.45) is 3.28. The lowest BCUT2D eigenvalue weighted by atomic mass is 10.2. The highest BCUT2D eigenvalue weighted by Gasteiger charge is 2.11. The van der Waals surface area contributed by atoms with Crippen LogP contribution < -0.4 is 0 Å². The quantitative estimate of drug-likeness (QED) is 0.325. The number of carbonyl (C=O) groups is 1. The number of nitrogens with zero attached hydrogens (tertiary/aromatic N) is 2. The summed E-state index contributed by atoms with van der Waals surface area (Å²) in [4.78, 5) is 21.5. The lowest BCUT2D eigenvalue weighted by Crippen LogP contribution is -2.01. The fourth-order valence-electron chi connectivity index (χ4n) is 2.08. The number of para-hydroxylation sites is 1. The Balaban J connectivity index is 2.23. The molecule has 1 aromatic heterocycles. The van der Waals surface area contributed by atoms with Crippen molar-refractivity contribution in [3.63, 3.8) is 0 Å². The number of hydrogen-bond donors (Lipinski definition) is 2. The number of nitro benzene ring substituents is 1. The van der Waals surface area contributed by atoms with E-state index < -0.39 is 10.9 Å². The first kappa shape index (κ1) is 18.6. The molecule has 1 heterocycles. The molecular formula is C16H14N2O5S2. The zero-order valence-corrected chi connectivity index (χ0v) is 14.5. The van der Waals surface area contributed by atoms with Gasteiger partial charge in [0, 0.05) is 25.1 Å². The molecule has 0 aliphatic heterocycles. The summed E-state index contributed by atoms with van der Waals surface area (Å²) in [7, 11) is 0. The second-order valence-corrected chi connectivity index (χ2v) is 6.65. The molecule has 7 nitrogen and oxygen atoms in total. The lowest BCUT2D eigenvalue weighted by molar-refractivity contribution is -0.385. The van der Waals surface area contributed by atoms with Crippen LogP contribution in [-0.4, -0.2) is 25.7 Å². The predicted molar refractivity (Wildman–Crippen MR) is 97.2 cm³/mol. The van der Waals surface area contributed by atoms with Crippen molar-refractivity contribution in [2.75, 3.05) is 0 Å². The maximum Gasteiger partial charge on any atom is 0.303 e. The molecule has 130 valence electrons. The van der Waals surface area contributed by atoms with Gasteiger partial charge in [-0.2, -0.15) is 0 Å². The van der Waals surface area contributed by atoms with Gasteiger partial charge in [-0.15, -0.1) is 17.1 Å². The Hall–Kier alpha value is -2.74. The minimum absolute atomic E-state index is 0.0141. The monoisotopic (exact) mass is 378 g/mol. The van der Waals surface area contributed by atoms with Crippen molar-refractivity contribution in [1.82, 2.24) is 4.57 Å². The molecule has 0 unspecified atom stereocenters. The molecule has 0 amide bonds. The fraction of sp³-hybridized carbons (Fsp3) is 0.188. The zero-order chi connectivity index (χ0) is 18.4. The third-order valence-electron chi connectivity index (χ3n) is 3.25. The van der Waals surface area contributed by atoms with Crippen LogP contribution in [0, 0.1) is 14.1 Å². The van der Waals surface area contributed by atoms with Crippen LogP contribution in [0.3, 0.4) is 0 Å². The van der Waals surface area contributed by atoms with Gasteiger partial charge in [0.05, 0.1) is 15.4 Å². The number of carboxylic acid groups (broad SMARTS) is 1. The summed E-state index contributed by atoms with van der Waals surface area (Å²) < 4.78 is 1.88. The largest absolute Gasteiger partial charge is 0.493 e. The van der Waals surface area contributed by atoms with Crippen molar-refractivity contribution in [2.45, 2.75) is 19.4 Å². The van der Waals surface area contributed by atoms with Crippen molar-refractivity contribution < 1.29 is 19.9 Å². The van der Waals surface area contributed by atoms with Gasteiger partial charge >= 0.3 is 5.97 Å². The maximum atomic E-state index is 11.0. The summed E-state index contributed by atoms with van der Waals surface area (Å²) in [5.74, 6) is -0.974. The van der Waals surface area contributed by atoms with Gasteiger partial charge in [0.25, 0.3) is 5.69 Å². The molecule has 0 aliphatic rings. The van der Waals surface area contributed by atoms with Gasteiger partial charge in [-0.1, -0.05) is 12.1 Å². The van der Waals surface area contributed by atoms with Crippen LogP contribution in [0.2, 0.25) is 0 Å². The van der Waals surface area contributed by atoms with Crippen molar-refractivity contribution in [2.24, 2.45) is 0 Å². The SMILES string of the molecule is O=C(O)CCCn1c(O)c(C=C=Cc2ccccc2[N+](=O)[O-])sc1=S. The first-order chi connectivity index (χ1) is 11.9. The van der Waals surface area contributed by atoms with Crippen LogP contribution in [0.15, 0.2) is 30.0 Å². The van der Waals surface area contributed by atoms with E-state index in [-0.39, 0.29) is 18.0 Å². The highest BCUT2D eigenvalue weighted by molar-refractivity contribution is 7.73. The van der Waals surface area contributed by atoms with Gasteiger partial charge in [0.1, 0.15) is 0 Å². The van der Waals surface area contributed by atoms with Crippen LogP contribution in [0.1, 0.15) is 23.3 Å². The molecule has 0 fully saturated rings. The molecule has 0 radical (unpaired) electrons. The van der Waals surface area contributed by atoms with Gasteiger partial charge < -0.3 is 10.2 Å². The Morgan fingerprint density at radius 3 is 2.80 bits per heavy atom. The van der Waals surface area contributed by atoms with Crippen molar-refractivity contribution in [3.05, 3.63) is 54.5 Å². The zero-order valence-electron chi connectivity index (χ0n) is 12.9. The third-order valence-corrected chi connectivity index (χ3v) is 4.64. The Kier molecular flexibility index (Phi) is 6.24. The summed E-state index contributed by atoms with van der Waals surface area (Å²) in [6, 6.07) is 6.25. The van der Waals surface area contributed by atoms with Gasteiger partial charge in [0.15, 0.2) is 3.95 Å². The molecule has 0 atom stereocenters. The van der Waals surface area contributed by atoms with Gasteiger partial charge in [-0.25, -0.2) is 0 Å². The van der Waals surface area contributed by atoms with E-state index in [9.17, 15) is 20.0 Å². The van der Waals surface area contributed by atoms with Crippen LogP contribution in [0.4, 0.5) is 5.69 Å². The summed E-state index contributed by atoms with van der Waals surface area (Å²) in [5, 5.41) is 29.8. The van der Waals surface area contributed by atoms with Gasteiger partial charge in [-0.05, 0) is 30.8 Å². The number of carboxylic acids is 1. The van der Waals surface area contributed by atoms with Crippen LogP contribution in [0.5, 0.6) is 5.88 Å². The molecule has 0 spiro atoms. The number of thiazole rings is 1. The van der Waals surface area contributed by atoms with E-state index in [0.717, 1.165) is 11.3 Å². The number of aliphatic carboxylic acids is 1. The summed E-state index contributed by atoms with van der Waals surface area (Å²) in [5.41, 5.74) is 3.17. The second kappa shape index (κ2) is 8.39. The van der Waals surface area contributed by atoms with E-state index in [1.54, 1.807) is 18.2 Å². The minimum Gasteiger partial charge on any atom is -0.493 e. The molecule has 0 bridgehead atoms. The fourth-order valence-corrected chi connectivity index (χ4v) is 3.33. The number of rotatable bonds is 7. The molecule has 0 saturated heterocycles. The Labute approximate surface area is 151 Å². The van der Waals surface area contributed by atoms with E-state index in [2.05, 4.69) is 5.73 Å². The standard InChI is InChI=1S/C16H14N2O5S2/c19-14(20)9-4-10-17-15(21)13(25-16(17)24)8-3-6-11-5-1-2-7-12(11)18(22)23/h1-2,5-8,21H,4,9-10H2,(H,19,20).